The highest BCUT2D eigenvalue weighted by Crippen LogP contribution is 2.34. The van der Waals surface area contributed by atoms with E-state index in [1.807, 2.05) is 30.3 Å². The summed E-state index contributed by atoms with van der Waals surface area (Å²) >= 11 is 0. The van der Waals surface area contributed by atoms with Crippen LogP contribution in [0.25, 0.3) is 11.1 Å². The van der Waals surface area contributed by atoms with Crippen molar-refractivity contribution in [2.45, 2.75) is 24.9 Å². The number of halogens is 3. The molecule has 3 nitrogen and oxygen atoms in total. The van der Waals surface area contributed by atoms with Crippen molar-refractivity contribution in [2.75, 3.05) is 18.4 Å². The van der Waals surface area contributed by atoms with Crippen molar-refractivity contribution in [1.29, 1.82) is 0 Å². The molecule has 4 rings (SSSR count). The molecule has 0 bridgehead atoms. The van der Waals surface area contributed by atoms with Gasteiger partial charge in [-0.15, -0.1) is 0 Å². The first kappa shape index (κ1) is 21.1. The molecule has 3 aromatic rings. The van der Waals surface area contributed by atoms with Gasteiger partial charge in [0.05, 0.1) is 5.56 Å². The van der Waals surface area contributed by atoms with Crippen LogP contribution in [0.2, 0.25) is 0 Å². The largest absolute Gasteiger partial charge is 0.416 e. The van der Waals surface area contributed by atoms with Gasteiger partial charge in [-0.1, -0.05) is 48.5 Å². The number of hydrogen-bond acceptors (Lipinski definition) is 2. The Morgan fingerprint density at radius 3 is 2.23 bits per heavy atom. The average Bonchev–Trinajstić information content (AvgIpc) is 2.80. The molecule has 1 aliphatic rings. The first-order valence-corrected chi connectivity index (χ1v) is 10.3. The summed E-state index contributed by atoms with van der Waals surface area (Å²) in [6, 6.07) is 19.8. The van der Waals surface area contributed by atoms with E-state index in [-0.39, 0.29) is 5.56 Å². The molecule has 0 saturated carbocycles. The molecule has 0 spiro atoms. The highest BCUT2D eigenvalue weighted by molar-refractivity contribution is 6.08. The molecule has 0 aromatic heterocycles. The highest BCUT2D eigenvalue weighted by Gasteiger charge is 2.32. The minimum atomic E-state index is -4.53. The molecule has 0 atom stereocenters. The summed E-state index contributed by atoms with van der Waals surface area (Å²) in [4.78, 5) is 13.0. The van der Waals surface area contributed by atoms with Crippen molar-refractivity contribution in [2.24, 2.45) is 0 Å². The summed E-state index contributed by atoms with van der Waals surface area (Å²) in [7, 11) is 0. The molecule has 160 valence electrons. The van der Waals surface area contributed by atoms with Crippen LogP contribution in [-0.2, 0) is 6.18 Å². The van der Waals surface area contributed by atoms with Crippen LogP contribution >= 0.6 is 0 Å². The maximum Gasteiger partial charge on any atom is 0.416 e. The molecule has 6 heteroatoms. The molecule has 3 aromatic carbocycles. The van der Waals surface area contributed by atoms with Crippen molar-refractivity contribution in [3.63, 3.8) is 0 Å². The number of carbonyl (C=O) groups is 1. The first-order valence-electron chi connectivity index (χ1n) is 10.3. The minimum Gasteiger partial charge on any atom is -0.322 e. The summed E-state index contributed by atoms with van der Waals surface area (Å²) in [5.74, 6) is -0.0845. The van der Waals surface area contributed by atoms with Crippen LogP contribution in [0, 0.1) is 0 Å². The Hall–Kier alpha value is -3.12. The van der Waals surface area contributed by atoms with Gasteiger partial charge < -0.3 is 10.6 Å². The Morgan fingerprint density at radius 2 is 1.58 bits per heavy atom. The van der Waals surface area contributed by atoms with Crippen molar-refractivity contribution < 1.29 is 18.0 Å². The monoisotopic (exact) mass is 424 g/mol. The van der Waals surface area contributed by atoms with Gasteiger partial charge >= 0.3 is 6.18 Å². The topological polar surface area (TPSA) is 41.1 Å². The van der Waals surface area contributed by atoms with E-state index in [9.17, 15) is 18.0 Å². The molecule has 0 unspecified atom stereocenters. The lowest BCUT2D eigenvalue weighted by Gasteiger charge is -2.23. The fourth-order valence-electron chi connectivity index (χ4n) is 3.97. The predicted molar refractivity (Wildman–Crippen MR) is 116 cm³/mol. The number of alkyl halides is 3. The predicted octanol–water partition coefficient (Wildman–Crippen LogP) is 6.09. The Balaban J connectivity index is 1.61. The van der Waals surface area contributed by atoms with E-state index in [1.54, 1.807) is 24.3 Å². The standard InChI is InChI=1S/C25H23F3N2O/c26-25(27,28)20-8-11-22(19-4-2-1-3-5-19)23(16-20)24(31)30-21-9-6-17(7-10-21)18-12-14-29-15-13-18/h1-11,16,18,29H,12-15H2,(H,30,31). The van der Waals surface area contributed by atoms with E-state index >= 15 is 0 Å². The second-order valence-electron chi connectivity index (χ2n) is 7.72. The van der Waals surface area contributed by atoms with Crippen molar-refractivity contribution in [1.82, 2.24) is 5.32 Å². The van der Waals surface area contributed by atoms with E-state index in [0.29, 0.717) is 22.7 Å². The Kier molecular flexibility index (Phi) is 6.09. The summed E-state index contributed by atoms with van der Waals surface area (Å²) in [6.45, 7) is 1.97. The first-order chi connectivity index (χ1) is 14.9. The van der Waals surface area contributed by atoms with Gasteiger partial charge in [0, 0.05) is 11.3 Å². The van der Waals surface area contributed by atoms with Crippen LogP contribution in [0.4, 0.5) is 18.9 Å². The van der Waals surface area contributed by atoms with Crippen LogP contribution in [0.15, 0.2) is 72.8 Å². The smallest absolute Gasteiger partial charge is 0.322 e. The second kappa shape index (κ2) is 8.94. The zero-order valence-electron chi connectivity index (χ0n) is 16.9. The summed E-state index contributed by atoms with van der Waals surface area (Å²) in [5, 5.41) is 6.10. The molecule has 31 heavy (non-hydrogen) atoms. The van der Waals surface area contributed by atoms with Gasteiger partial charge in [0.25, 0.3) is 5.91 Å². The molecule has 2 N–H and O–H groups in total. The summed E-state index contributed by atoms with van der Waals surface area (Å²) in [6.07, 6.45) is -2.40. The Bertz CT molecular complexity index is 1040. The van der Waals surface area contributed by atoms with Gasteiger partial charge in [0.2, 0.25) is 0 Å². The van der Waals surface area contributed by atoms with Crippen LogP contribution in [-0.4, -0.2) is 19.0 Å². The number of anilines is 1. The molecule has 1 aliphatic heterocycles. The lowest BCUT2D eigenvalue weighted by Crippen LogP contribution is -2.26. The maximum absolute atomic E-state index is 13.3. The van der Waals surface area contributed by atoms with Crippen LogP contribution in [0.1, 0.15) is 40.2 Å². The molecule has 1 saturated heterocycles. The van der Waals surface area contributed by atoms with Gasteiger partial charge in [0.15, 0.2) is 0 Å². The summed E-state index contributed by atoms with van der Waals surface area (Å²) < 4.78 is 39.8. The van der Waals surface area contributed by atoms with Crippen LogP contribution < -0.4 is 10.6 Å². The fraction of sp³-hybridized carbons (Fsp3) is 0.240. The SMILES string of the molecule is O=C(Nc1ccc(C2CCNCC2)cc1)c1cc(C(F)(F)F)ccc1-c1ccccc1. The molecular weight excluding hydrogens is 401 g/mol. The molecular formula is C25H23F3N2O. The van der Waals surface area contributed by atoms with E-state index in [1.165, 1.54) is 11.6 Å². The molecule has 0 aliphatic carbocycles. The molecule has 0 radical (unpaired) electrons. The van der Waals surface area contributed by atoms with Gasteiger partial charge in [-0.05, 0) is 72.8 Å². The average molecular weight is 424 g/mol. The van der Waals surface area contributed by atoms with Crippen molar-refractivity contribution in [3.05, 3.63) is 89.5 Å². The van der Waals surface area contributed by atoms with Crippen LogP contribution in [0.3, 0.4) is 0 Å². The zero-order chi connectivity index (χ0) is 21.8. The molecule has 1 fully saturated rings. The Labute approximate surface area is 179 Å². The maximum atomic E-state index is 13.3. The quantitative estimate of drug-likeness (QED) is 0.532. The number of rotatable bonds is 4. The number of carbonyl (C=O) groups excluding carboxylic acids is 1. The van der Waals surface area contributed by atoms with Gasteiger partial charge in [0.1, 0.15) is 0 Å². The lowest BCUT2D eigenvalue weighted by atomic mass is 9.90. The second-order valence-corrected chi connectivity index (χ2v) is 7.72. The fourth-order valence-corrected chi connectivity index (χ4v) is 3.97. The number of benzene rings is 3. The normalized spacial score (nSPS) is 14.9. The number of amides is 1. The third-order valence-corrected chi connectivity index (χ3v) is 5.66. The number of hydrogen-bond donors (Lipinski definition) is 2. The number of nitrogens with one attached hydrogen (secondary N) is 2. The zero-order valence-corrected chi connectivity index (χ0v) is 16.9. The Morgan fingerprint density at radius 1 is 0.903 bits per heavy atom. The van der Waals surface area contributed by atoms with E-state index < -0.39 is 17.6 Å². The van der Waals surface area contributed by atoms with Gasteiger partial charge in [-0.2, -0.15) is 13.2 Å². The number of piperidine rings is 1. The van der Waals surface area contributed by atoms with Gasteiger partial charge in [-0.3, -0.25) is 4.79 Å². The molecule has 1 heterocycles. The molecule has 1 amide bonds. The van der Waals surface area contributed by atoms with Crippen molar-refractivity contribution in [3.8, 4) is 11.1 Å². The third kappa shape index (κ3) is 4.97. The third-order valence-electron chi connectivity index (χ3n) is 5.66. The van der Waals surface area contributed by atoms with E-state index in [2.05, 4.69) is 10.6 Å². The summed E-state index contributed by atoms with van der Waals surface area (Å²) in [5.41, 5.74) is 2.05. The lowest BCUT2D eigenvalue weighted by molar-refractivity contribution is -0.137. The van der Waals surface area contributed by atoms with Gasteiger partial charge in [-0.25, -0.2) is 0 Å². The van der Waals surface area contributed by atoms with Crippen LogP contribution in [0.5, 0.6) is 0 Å². The highest BCUT2D eigenvalue weighted by atomic mass is 19.4. The van der Waals surface area contributed by atoms with E-state index in [0.717, 1.165) is 38.1 Å². The van der Waals surface area contributed by atoms with Crippen molar-refractivity contribution >= 4 is 11.6 Å². The van der Waals surface area contributed by atoms with E-state index in [4.69, 9.17) is 0 Å². The minimum absolute atomic E-state index is 0.0107.